The number of benzene rings is 2. The molecule has 0 fully saturated rings. The molecule has 0 spiro atoms. The number of carbonyl (C=O) groups excluding carboxylic acids is 1. The molecule has 2 rings (SSSR count). The molecular weight excluding hydrogens is 333 g/mol. The van der Waals surface area contributed by atoms with E-state index in [2.05, 4.69) is 0 Å². The first-order valence-electron chi connectivity index (χ1n) is 8.50. The summed E-state index contributed by atoms with van der Waals surface area (Å²) in [5.41, 5.74) is 2.22. The first-order chi connectivity index (χ1) is 12.5. The molecule has 0 saturated carbocycles. The second kappa shape index (κ2) is 9.73. The number of rotatable bonds is 7. The third-order valence-corrected chi connectivity index (χ3v) is 3.69. The maximum Gasteiger partial charge on any atom is 0.509 e. The van der Waals surface area contributed by atoms with E-state index in [1.165, 1.54) is 12.1 Å². The fourth-order valence-electron chi connectivity index (χ4n) is 2.52. The third-order valence-electron chi connectivity index (χ3n) is 3.69. The summed E-state index contributed by atoms with van der Waals surface area (Å²) in [5, 5.41) is 0. The van der Waals surface area contributed by atoms with Gasteiger partial charge in [-0.3, -0.25) is 0 Å². The van der Waals surface area contributed by atoms with Gasteiger partial charge in [-0.05, 0) is 38.7 Å². The zero-order valence-electron chi connectivity index (χ0n) is 15.3. The number of halogens is 1. The highest BCUT2D eigenvalue weighted by molar-refractivity contribution is 5.73. The summed E-state index contributed by atoms with van der Waals surface area (Å²) < 4.78 is 24.3. The fraction of sp³-hybridized carbons (Fsp3) is 0.286. The Balaban J connectivity index is 2.49. The molecule has 1 unspecified atom stereocenters. The number of likely N-dealkylation sites (N-methyl/N-ethyl adjacent to an activating group) is 1. The van der Waals surface area contributed by atoms with E-state index in [9.17, 15) is 9.18 Å². The smallest absolute Gasteiger partial charge is 0.435 e. The van der Waals surface area contributed by atoms with Gasteiger partial charge in [0.05, 0.1) is 6.61 Å². The molecule has 0 aliphatic carbocycles. The lowest BCUT2D eigenvalue weighted by atomic mass is 9.94. The van der Waals surface area contributed by atoms with Gasteiger partial charge in [0.2, 0.25) is 0 Å². The van der Waals surface area contributed by atoms with Crippen LogP contribution in [0.4, 0.5) is 9.18 Å². The zero-order valence-corrected chi connectivity index (χ0v) is 15.3. The number of carbonyl (C=O) groups is 1. The summed E-state index contributed by atoms with van der Waals surface area (Å²) in [5.74, 6) is -0.389. The van der Waals surface area contributed by atoms with Crippen molar-refractivity contribution < 1.29 is 18.7 Å². The van der Waals surface area contributed by atoms with Gasteiger partial charge in [0.1, 0.15) is 5.82 Å². The summed E-state index contributed by atoms with van der Waals surface area (Å²) in [6.45, 7) is 2.55. The molecule has 4 nitrogen and oxygen atoms in total. The van der Waals surface area contributed by atoms with Crippen molar-refractivity contribution in [3.05, 3.63) is 77.6 Å². The normalized spacial score (nSPS) is 12.7. The van der Waals surface area contributed by atoms with Crippen LogP contribution < -0.4 is 0 Å². The highest BCUT2D eigenvalue weighted by Crippen LogP contribution is 2.34. The molecule has 5 heteroatoms. The summed E-state index contributed by atoms with van der Waals surface area (Å²) in [6.07, 6.45) is 0.421. The lowest BCUT2D eigenvalue weighted by molar-refractivity contribution is 0.0426. The number of hydrogen-bond donors (Lipinski definition) is 0. The van der Waals surface area contributed by atoms with E-state index in [0.717, 1.165) is 11.1 Å². The molecule has 0 aliphatic rings. The van der Waals surface area contributed by atoms with Gasteiger partial charge in [-0.2, -0.15) is 0 Å². The molecule has 138 valence electrons. The standard InChI is InChI=1S/C21H24FNO3/c1-4-25-21(24)26-20(17-11-8-12-18(22)15-17)19(13-14-23(2)3)16-9-6-5-7-10-16/h5-13,15,20H,4,14H2,1-3H3/b19-13+. The van der Waals surface area contributed by atoms with Gasteiger partial charge in [0.15, 0.2) is 6.10 Å². The molecule has 1 atom stereocenters. The minimum atomic E-state index is -0.784. The van der Waals surface area contributed by atoms with Gasteiger partial charge in [-0.1, -0.05) is 48.5 Å². The van der Waals surface area contributed by atoms with Crippen molar-refractivity contribution in [2.75, 3.05) is 27.2 Å². The summed E-state index contributed by atoms with van der Waals surface area (Å²) in [6, 6.07) is 15.7. The zero-order chi connectivity index (χ0) is 18.9. The topological polar surface area (TPSA) is 38.8 Å². The molecule has 2 aromatic rings. The monoisotopic (exact) mass is 357 g/mol. The Bertz CT molecular complexity index is 744. The van der Waals surface area contributed by atoms with Crippen molar-refractivity contribution in [3.8, 4) is 0 Å². The van der Waals surface area contributed by atoms with Crippen LogP contribution in [0.1, 0.15) is 24.2 Å². The van der Waals surface area contributed by atoms with Crippen molar-refractivity contribution >= 4 is 11.7 Å². The fourth-order valence-corrected chi connectivity index (χ4v) is 2.52. The van der Waals surface area contributed by atoms with Crippen LogP contribution in [-0.2, 0) is 9.47 Å². The average Bonchev–Trinajstić information content (AvgIpc) is 2.62. The Morgan fingerprint density at radius 2 is 1.88 bits per heavy atom. The Morgan fingerprint density at radius 3 is 2.50 bits per heavy atom. The number of ether oxygens (including phenoxy) is 2. The molecule has 0 aromatic heterocycles. The Labute approximate surface area is 153 Å². The minimum Gasteiger partial charge on any atom is -0.435 e. The second-order valence-electron chi connectivity index (χ2n) is 6.02. The molecular formula is C21H24FNO3. The van der Waals surface area contributed by atoms with Crippen molar-refractivity contribution in [1.29, 1.82) is 0 Å². The molecule has 0 radical (unpaired) electrons. The van der Waals surface area contributed by atoms with Crippen LogP contribution in [0.2, 0.25) is 0 Å². The lowest BCUT2D eigenvalue weighted by Gasteiger charge is -2.22. The van der Waals surface area contributed by atoms with Crippen LogP contribution in [0.15, 0.2) is 60.7 Å². The van der Waals surface area contributed by atoms with Gasteiger partial charge in [0, 0.05) is 17.7 Å². The third kappa shape index (κ3) is 5.70. The van der Waals surface area contributed by atoms with Gasteiger partial charge in [-0.25, -0.2) is 9.18 Å². The number of hydrogen-bond acceptors (Lipinski definition) is 4. The van der Waals surface area contributed by atoms with E-state index < -0.39 is 12.3 Å². The van der Waals surface area contributed by atoms with Crippen molar-refractivity contribution in [3.63, 3.8) is 0 Å². The molecule has 0 saturated heterocycles. The second-order valence-corrected chi connectivity index (χ2v) is 6.02. The maximum atomic E-state index is 13.8. The minimum absolute atomic E-state index is 0.205. The van der Waals surface area contributed by atoms with Crippen LogP contribution in [-0.4, -0.2) is 38.3 Å². The molecule has 0 bridgehead atoms. The first kappa shape index (κ1) is 19.7. The van der Waals surface area contributed by atoms with Crippen LogP contribution >= 0.6 is 0 Å². The Hall–Kier alpha value is -2.66. The Morgan fingerprint density at radius 1 is 1.15 bits per heavy atom. The molecule has 0 N–H and O–H groups in total. The van der Waals surface area contributed by atoms with Crippen LogP contribution in [0.3, 0.4) is 0 Å². The van der Waals surface area contributed by atoms with E-state index in [4.69, 9.17) is 9.47 Å². The quantitative estimate of drug-likeness (QED) is 0.674. The van der Waals surface area contributed by atoms with Crippen molar-refractivity contribution in [2.45, 2.75) is 13.0 Å². The lowest BCUT2D eigenvalue weighted by Crippen LogP contribution is -2.17. The molecule has 0 aliphatic heterocycles. The van der Waals surface area contributed by atoms with Gasteiger partial charge in [-0.15, -0.1) is 0 Å². The van der Waals surface area contributed by atoms with E-state index >= 15 is 0 Å². The average molecular weight is 357 g/mol. The summed E-state index contributed by atoms with van der Waals surface area (Å²) in [4.78, 5) is 14.0. The predicted molar refractivity (Wildman–Crippen MR) is 100 cm³/mol. The van der Waals surface area contributed by atoms with Gasteiger partial charge in [0.25, 0.3) is 0 Å². The molecule has 0 heterocycles. The van der Waals surface area contributed by atoms with E-state index in [0.29, 0.717) is 12.1 Å². The summed E-state index contributed by atoms with van der Waals surface area (Å²) in [7, 11) is 3.89. The predicted octanol–water partition coefficient (Wildman–Crippen LogP) is 4.69. The highest BCUT2D eigenvalue weighted by Gasteiger charge is 2.24. The maximum absolute atomic E-state index is 13.8. The van der Waals surface area contributed by atoms with Gasteiger partial charge < -0.3 is 14.4 Å². The van der Waals surface area contributed by atoms with Crippen LogP contribution in [0.25, 0.3) is 5.57 Å². The number of nitrogens with zero attached hydrogens (tertiary/aromatic N) is 1. The van der Waals surface area contributed by atoms with E-state index in [-0.39, 0.29) is 12.4 Å². The molecule has 26 heavy (non-hydrogen) atoms. The highest BCUT2D eigenvalue weighted by atomic mass is 19.1. The first-order valence-corrected chi connectivity index (χ1v) is 8.50. The summed E-state index contributed by atoms with van der Waals surface area (Å²) >= 11 is 0. The molecule has 2 aromatic carbocycles. The van der Waals surface area contributed by atoms with Crippen molar-refractivity contribution in [2.24, 2.45) is 0 Å². The largest absolute Gasteiger partial charge is 0.509 e. The van der Waals surface area contributed by atoms with E-state index in [1.807, 2.05) is 55.4 Å². The Kier molecular flexibility index (Phi) is 7.36. The van der Waals surface area contributed by atoms with E-state index in [1.54, 1.807) is 19.1 Å². The molecule has 0 amide bonds. The van der Waals surface area contributed by atoms with Crippen molar-refractivity contribution in [1.82, 2.24) is 4.90 Å². The van der Waals surface area contributed by atoms with Gasteiger partial charge >= 0.3 is 6.16 Å². The van der Waals surface area contributed by atoms with Crippen LogP contribution in [0.5, 0.6) is 0 Å². The SMILES string of the molecule is CCOC(=O)OC(/C(=C/CN(C)C)c1ccccc1)c1cccc(F)c1. The van der Waals surface area contributed by atoms with Crippen LogP contribution in [0, 0.1) is 5.82 Å².